The number of methoxy groups -OCH3 is 1. The molecule has 0 saturated heterocycles. The third kappa shape index (κ3) is 3.27. The van der Waals surface area contributed by atoms with E-state index in [1.54, 1.807) is 13.3 Å². The Morgan fingerprint density at radius 3 is 3.00 bits per heavy atom. The van der Waals surface area contributed by atoms with Crippen LogP contribution in [0.5, 0.6) is 5.88 Å². The fourth-order valence-corrected chi connectivity index (χ4v) is 3.46. The van der Waals surface area contributed by atoms with Gasteiger partial charge in [0.1, 0.15) is 0 Å². The Hall–Kier alpha value is -1.09. The fraction of sp³-hybridized carbons (Fsp3) is 0.688. The molecular weight excluding hydrogens is 236 g/mol. The number of rotatable bonds is 5. The Morgan fingerprint density at radius 1 is 1.47 bits per heavy atom. The predicted octanol–water partition coefficient (Wildman–Crippen LogP) is 3.57. The Bertz CT molecular complexity index is 394. The van der Waals surface area contributed by atoms with Gasteiger partial charge in [-0.1, -0.05) is 32.3 Å². The Kier molecular flexibility index (Phi) is 5.20. The number of ether oxygens (including phenoxy) is 1. The maximum absolute atomic E-state index is 5.42. The summed E-state index contributed by atoms with van der Waals surface area (Å²) in [5.41, 5.74) is 1.20. The Morgan fingerprint density at radius 2 is 2.32 bits per heavy atom. The lowest BCUT2D eigenvalue weighted by atomic mass is 9.75. The predicted molar refractivity (Wildman–Crippen MR) is 78.3 cm³/mol. The van der Waals surface area contributed by atoms with E-state index in [2.05, 4.69) is 23.3 Å². The SMILES string of the molecule is CCC1CCCC(C(NC)c2cccnc2OC)C1. The van der Waals surface area contributed by atoms with Gasteiger partial charge in [0.15, 0.2) is 0 Å². The monoisotopic (exact) mass is 262 g/mol. The molecule has 1 aromatic rings. The summed E-state index contributed by atoms with van der Waals surface area (Å²) in [5, 5.41) is 3.49. The van der Waals surface area contributed by atoms with E-state index in [1.165, 1.54) is 37.7 Å². The Balaban J connectivity index is 2.19. The largest absolute Gasteiger partial charge is 0.481 e. The van der Waals surface area contributed by atoms with Crippen LogP contribution in [0.25, 0.3) is 0 Å². The molecule has 0 bridgehead atoms. The molecule has 1 heterocycles. The molecule has 0 aromatic carbocycles. The summed E-state index contributed by atoms with van der Waals surface area (Å²) in [6.07, 6.45) is 8.47. The maximum Gasteiger partial charge on any atom is 0.217 e. The molecule has 1 fully saturated rings. The van der Waals surface area contributed by atoms with E-state index >= 15 is 0 Å². The minimum atomic E-state index is 0.359. The van der Waals surface area contributed by atoms with Crippen molar-refractivity contribution in [1.82, 2.24) is 10.3 Å². The van der Waals surface area contributed by atoms with E-state index in [9.17, 15) is 0 Å². The zero-order valence-corrected chi connectivity index (χ0v) is 12.4. The summed E-state index contributed by atoms with van der Waals surface area (Å²) < 4.78 is 5.42. The van der Waals surface area contributed by atoms with Crippen molar-refractivity contribution in [3.8, 4) is 5.88 Å². The highest BCUT2D eigenvalue weighted by atomic mass is 16.5. The van der Waals surface area contributed by atoms with Gasteiger partial charge in [-0.3, -0.25) is 0 Å². The number of hydrogen-bond acceptors (Lipinski definition) is 3. The summed E-state index contributed by atoms with van der Waals surface area (Å²) >= 11 is 0. The molecule has 2 rings (SSSR count). The molecule has 106 valence electrons. The van der Waals surface area contributed by atoms with Crippen molar-refractivity contribution in [3.05, 3.63) is 23.9 Å². The molecular formula is C16H26N2O. The van der Waals surface area contributed by atoms with Crippen molar-refractivity contribution in [2.75, 3.05) is 14.2 Å². The highest BCUT2D eigenvalue weighted by molar-refractivity contribution is 5.29. The van der Waals surface area contributed by atoms with Crippen LogP contribution in [-0.2, 0) is 0 Å². The van der Waals surface area contributed by atoms with Crippen LogP contribution in [0.2, 0.25) is 0 Å². The second-order valence-electron chi connectivity index (χ2n) is 5.57. The molecule has 3 atom stereocenters. The molecule has 0 aliphatic heterocycles. The van der Waals surface area contributed by atoms with Crippen molar-refractivity contribution in [1.29, 1.82) is 0 Å². The van der Waals surface area contributed by atoms with Gasteiger partial charge >= 0.3 is 0 Å². The van der Waals surface area contributed by atoms with E-state index in [0.29, 0.717) is 12.0 Å². The van der Waals surface area contributed by atoms with Crippen LogP contribution in [0.15, 0.2) is 18.3 Å². The summed E-state index contributed by atoms with van der Waals surface area (Å²) in [4.78, 5) is 4.34. The van der Waals surface area contributed by atoms with Gasteiger partial charge in [-0.25, -0.2) is 4.98 Å². The summed E-state index contributed by atoms with van der Waals surface area (Å²) in [6.45, 7) is 2.31. The van der Waals surface area contributed by atoms with Gasteiger partial charge in [-0.15, -0.1) is 0 Å². The van der Waals surface area contributed by atoms with Gasteiger partial charge in [0.05, 0.1) is 7.11 Å². The first-order chi connectivity index (χ1) is 9.30. The number of pyridine rings is 1. The zero-order valence-electron chi connectivity index (χ0n) is 12.4. The fourth-order valence-electron chi connectivity index (χ4n) is 3.46. The number of nitrogens with zero attached hydrogens (tertiary/aromatic N) is 1. The normalized spacial score (nSPS) is 25.0. The lowest BCUT2D eigenvalue weighted by molar-refractivity contribution is 0.211. The standard InChI is InChI=1S/C16H26N2O/c1-4-12-7-5-8-13(11-12)15(17-2)14-9-6-10-18-16(14)19-3/h6,9-10,12-13,15,17H,4-5,7-8,11H2,1-3H3. The van der Waals surface area contributed by atoms with Gasteiger partial charge in [0, 0.05) is 17.8 Å². The molecule has 1 aliphatic rings. The molecule has 3 nitrogen and oxygen atoms in total. The summed E-state index contributed by atoms with van der Waals surface area (Å²) in [5.74, 6) is 2.35. The van der Waals surface area contributed by atoms with Crippen molar-refractivity contribution in [3.63, 3.8) is 0 Å². The van der Waals surface area contributed by atoms with Crippen LogP contribution >= 0.6 is 0 Å². The van der Waals surface area contributed by atoms with Crippen molar-refractivity contribution >= 4 is 0 Å². The van der Waals surface area contributed by atoms with Crippen LogP contribution in [0.4, 0.5) is 0 Å². The van der Waals surface area contributed by atoms with Crippen molar-refractivity contribution in [2.45, 2.75) is 45.1 Å². The number of aromatic nitrogens is 1. The molecule has 0 spiro atoms. The molecule has 1 aliphatic carbocycles. The van der Waals surface area contributed by atoms with E-state index in [0.717, 1.165) is 11.8 Å². The molecule has 3 unspecified atom stereocenters. The van der Waals surface area contributed by atoms with Gasteiger partial charge in [0.2, 0.25) is 5.88 Å². The average molecular weight is 262 g/mol. The molecule has 19 heavy (non-hydrogen) atoms. The molecule has 0 amide bonds. The van der Waals surface area contributed by atoms with Crippen LogP contribution in [0.1, 0.15) is 50.6 Å². The van der Waals surface area contributed by atoms with Gasteiger partial charge in [0.25, 0.3) is 0 Å². The molecule has 1 aromatic heterocycles. The molecule has 3 heteroatoms. The Labute approximate surface area is 116 Å². The van der Waals surface area contributed by atoms with E-state index in [1.807, 2.05) is 13.1 Å². The lowest BCUT2D eigenvalue weighted by Gasteiger charge is -2.34. The van der Waals surface area contributed by atoms with Crippen LogP contribution < -0.4 is 10.1 Å². The minimum Gasteiger partial charge on any atom is -0.481 e. The second kappa shape index (κ2) is 6.90. The highest BCUT2D eigenvalue weighted by Crippen LogP contribution is 2.40. The second-order valence-corrected chi connectivity index (χ2v) is 5.57. The van der Waals surface area contributed by atoms with Crippen LogP contribution in [0, 0.1) is 11.8 Å². The highest BCUT2D eigenvalue weighted by Gasteiger charge is 2.29. The van der Waals surface area contributed by atoms with Crippen molar-refractivity contribution < 1.29 is 4.74 Å². The summed E-state index contributed by atoms with van der Waals surface area (Å²) in [7, 11) is 3.75. The average Bonchev–Trinajstić information content (AvgIpc) is 2.49. The van der Waals surface area contributed by atoms with Gasteiger partial charge < -0.3 is 10.1 Å². The topological polar surface area (TPSA) is 34.2 Å². The lowest BCUT2D eigenvalue weighted by Crippen LogP contribution is -2.30. The molecule has 0 radical (unpaired) electrons. The number of nitrogens with one attached hydrogen (secondary N) is 1. The number of hydrogen-bond donors (Lipinski definition) is 1. The first kappa shape index (κ1) is 14.3. The minimum absolute atomic E-state index is 0.359. The van der Waals surface area contributed by atoms with E-state index in [4.69, 9.17) is 4.74 Å². The third-order valence-electron chi connectivity index (χ3n) is 4.51. The van der Waals surface area contributed by atoms with Crippen LogP contribution in [-0.4, -0.2) is 19.1 Å². The van der Waals surface area contributed by atoms with Crippen molar-refractivity contribution in [2.24, 2.45) is 11.8 Å². The summed E-state index contributed by atoms with van der Waals surface area (Å²) in [6, 6.07) is 4.50. The molecule has 1 saturated carbocycles. The van der Waals surface area contributed by atoms with Crippen LogP contribution in [0.3, 0.4) is 0 Å². The van der Waals surface area contributed by atoms with E-state index < -0.39 is 0 Å². The van der Waals surface area contributed by atoms with Gasteiger partial charge in [-0.05, 0) is 37.8 Å². The quantitative estimate of drug-likeness (QED) is 0.881. The molecule has 1 N–H and O–H groups in total. The van der Waals surface area contributed by atoms with Gasteiger partial charge in [-0.2, -0.15) is 0 Å². The third-order valence-corrected chi connectivity index (χ3v) is 4.51. The first-order valence-electron chi connectivity index (χ1n) is 7.46. The smallest absolute Gasteiger partial charge is 0.217 e. The zero-order chi connectivity index (χ0) is 13.7. The van der Waals surface area contributed by atoms with E-state index in [-0.39, 0.29) is 0 Å². The maximum atomic E-state index is 5.42. The first-order valence-corrected chi connectivity index (χ1v) is 7.46.